The number of hydrogen-bond acceptors (Lipinski definition) is 4. The highest BCUT2D eigenvalue weighted by atomic mass is 31.0. The van der Waals surface area contributed by atoms with Crippen molar-refractivity contribution < 1.29 is 13.9 Å². The molecule has 0 amide bonds. The zero-order chi connectivity index (χ0) is 17.4. The average Bonchev–Trinajstić information content (AvgIpc) is 2.56. The van der Waals surface area contributed by atoms with Gasteiger partial charge >= 0.3 is 0 Å². The summed E-state index contributed by atoms with van der Waals surface area (Å²) in [6.07, 6.45) is 3.33. The van der Waals surface area contributed by atoms with Gasteiger partial charge in [-0.1, -0.05) is 27.8 Å². The third kappa shape index (κ3) is 6.88. The molecular formula is C17H28F2N3OP. The van der Waals surface area contributed by atoms with Crippen molar-refractivity contribution in [3.8, 4) is 5.75 Å². The summed E-state index contributed by atoms with van der Waals surface area (Å²) < 4.78 is 24.9. The first-order valence-electron chi connectivity index (χ1n) is 8.58. The molecule has 1 atom stereocenters. The third-order valence-electron chi connectivity index (χ3n) is 4.22. The number of para-hydroxylation sites is 2. The summed E-state index contributed by atoms with van der Waals surface area (Å²) in [6, 6.07) is 7.50. The summed E-state index contributed by atoms with van der Waals surface area (Å²) in [5.41, 5.74) is -1.65. The van der Waals surface area contributed by atoms with Gasteiger partial charge in [-0.2, -0.15) is 0 Å². The van der Waals surface area contributed by atoms with Crippen molar-refractivity contribution in [3.63, 3.8) is 0 Å². The summed E-state index contributed by atoms with van der Waals surface area (Å²) in [4.78, 5) is 4.03. The van der Waals surface area contributed by atoms with E-state index in [0.717, 1.165) is 57.8 Å². The smallest absolute Gasteiger partial charge is 0.271 e. The van der Waals surface area contributed by atoms with Gasteiger partial charge in [-0.15, -0.1) is 0 Å². The molecule has 7 heteroatoms. The average molecular weight is 359 g/mol. The van der Waals surface area contributed by atoms with Gasteiger partial charge < -0.3 is 15.3 Å². The standard InChI is InChI=1S/C10H14N2O.C7H14F2NP/c13-10-4-2-1-3-9(10)12-7-5-11-6-8-12;8-7(9,11)6-10-4-2-1-3-5-10/h1-4,11,13H,5-8H2;1-6,11H2. The number of anilines is 1. The number of aromatic hydroxyl groups is 1. The fourth-order valence-electron chi connectivity index (χ4n) is 3.05. The lowest BCUT2D eigenvalue weighted by atomic mass is 10.1. The van der Waals surface area contributed by atoms with E-state index in [1.807, 2.05) is 23.1 Å². The highest BCUT2D eigenvalue weighted by Crippen LogP contribution is 2.26. The number of alkyl halides is 2. The van der Waals surface area contributed by atoms with Crippen LogP contribution < -0.4 is 10.2 Å². The van der Waals surface area contributed by atoms with E-state index < -0.39 is 5.66 Å². The van der Waals surface area contributed by atoms with Crippen LogP contribution in [0.4, 0.5) is 14.5 Å². The molecule has 2 aliphatic heterocycles. The Kier molecular flexibility index (Phi) is 7.66. The van der Waals surface area contributed by atoms with Gasteiger partial charge in [0.1, 0.15) is 5.75 Å². The molecule has 0 aliphatic carbocycles. The zero-order valence-electron chi connectivity index (χ0n) is 14.1. The molecular weight excluding hydrogens is 331 g/mol. The number of piperidine rings is 1. The van der Waals surface area contributed by atoms with Crippen LogP contribution >= 0.6 is 9.24 Å². The van der Waals surface area contributed by atoms with Crippen molar-refractivity contribution in [1.82, 2.24) is 10.2 Å². The van der Waals surface area contributed by atoms with Crippen LogP contribution in [0.25, 0.3) is 0 Å². The van der Waals surface area contributed by atoms with Crippen molar-refractivity contribution in [1.29, 1.82) is 0 Å². The van der Waals surface area contributed by atoms with Crippen molar-refractivity contribution in [2.75, 3.05) is 50.7 Å². The Balaban J connectivity index is 0.000000177. The Hall–Kier alpha value is -0.970. The second-order valence-electron chi connectivity index (χ2n) is 6.32. The molecule has 2 fully saturated rings. The van der Waals surface area contributed by atoms with E-state index in [0.29, 0.717) is 5.75 Å². The maximum Gasteiger partial charge on any atom is 0.271 e. The van der Waals surface area contributed by atoms with Gasteiger partial charge in [0, 0.05) is 26.2 Å². The molecule has 2 N–H and O–H groups in total. The first kappa shape index (κ1) is 19.4. The van der Waals surface area contributed by atoms with Crippen LogP contribution in [0.15, 0.2) is 24.3 Å². The third-order valence-corrected chi connectivity index (χ3v) is 4.41. The van der Waals surface area contributed by atoms with E-state index in [1.165, 1.54) is 6.42 Å². The number of hydrogen-bond donors (Lipinski definition) is 2. The molecule has 3 rings (SSSR count). The number of phenolic OH excluding ortho intramolecular Hbond substituents is 1. The summed E-state index contributed by atoms with van der Waals surface area (Å²) in [6.45, 7) is 5.50. The summed E-state index contributed by atoms with van der Waals surface area (Å²) in [7, 11) is 1.59. The largest absolute Gasteiger partial charge is 0.506 e. The van der Waals surface area contributed by atoms with E-state index in [1.54, 1.807) is 15.3 Å². The minimum atomic E-state index is -2.60. The number of rotatable bonds is 3. The first-order valence-corrected chi connectivity index (χ1v) is 9.16. The van der Waals surface area contributed by atoms with Crippen LogP contribution in [0.5, 0.6) is 5.75 Å². The molecule has 2 aliphatic rings. The number of halogens is 2. The molecule has 4 nitrogen and oxygen atoms in total. The van der Waals surface area contributed by atoms with Crippen LogP contribution in [0.3, 0.4) is 0 Å². The van der Waals surface area contributed by atoms with Crippen LogP contribution in [-0.4, -0.2) is 61.5 Å². The van der Waals surface area contributed by atoms with Gasteiger partial charge in [0.15, 0.2) is 0 Å². The normalized spacial score (nSPS) is 19.5. The van der Waals surface area contributed by atoms with Gasteiger partial charge in [-0.3, -0.25) is 4.90 Å². The minimum Gasteiger partial charge on any atom is -0.506 e. The number of benzene rings is 1. The Labute approximate surface area is 145 Å². The predicted molar refractivity (Wildman–Crippen MR) is 98.1 cm³/mol. The van der Waals surface area contributed by atoms with Gasteiger partial charge in [-0.05, 0) is 38.1 Å². The molecule has 1 unspecified atom stereocenters. The van der Waals surface area contributed by atoms with Crippen molar-refractivity contribution in [3.05, 3.63) is 24.3 Å². The molecule has 0 radical (unpaired) electrons. The molecule has 0 saturated carbocycles. The fraction of sp³-hybridized carbons (Fsp3) is 0.647. The minimum absolute atomic E-state index is 0.0995. The first-order chi connectivity index (χ1) is 11.5. The SMILES string of the molecule is FC(F)(P)CN1CCCCC1.Oc1ccccc1N1CCNCC1. The van der Waals surface area contributed by atoms with Crippen LogP contribution in [0.1, 0.15) is 19.3 Å². The Morgan fingerprint density at radius 3 is 2.25 bits per heavy atom. The second kappa shape index (κ2) is 9.50. The molecule has 0 bridgehead atoms. The van der Waals surface area contributed by atoms with E-state index in [2.05, 4.69) is 10.2 Å². The number of phenols is 1. The van der Waals surface area contributed by atoms with E-state index in [-0.39, 0.29) is 6.54 Å². The Bertz CT molecular complexity index is 487. The van der Waals surface area contributed by atoms with Gasteiger partial charge in [0.25, 0.3) is 5.66 Å². The topological polar surface area (TPSA) is 38.7 Å². The molecule has 136 valence electrons. The van der Waals surface area contributed by atoms with E-state index in [9.17, 15) is 13.9 Å². The molecule has 2 saturated heterocycles. The monoisotopic (exact) mass is 359 g/mol. The summed E-state index contributed by atoms with van der Waals surface area (Å²) in [5, 5.41) is 12.9. The highest BCUT2D eigenvalue weighted by Gasteiger charge is 2.25. The van der Waals surface area contributed by atoms with Gasteiger partial charge in [0.2, 0.25) is 0 Å². The van der Waals surface area contributed by atoms with Crippen LogP contribution in [0, 0.1) is 0 Å². The highest BCUT2D eigenvalue weighted by molar-refractivity contribution is 7.18. The van der Waals surface area contributed by atoms with E-state index in [4.69, 9.17) is 0 Å². The molecule has 24 heavy (non-hydrogen) atoms. The van der Waals surface area contributed by atoms with Crippen LogP contribution in [0.2, 0.25) is 0 Å². The number of nitrogens with one attached hydrogen (secondary N) is 1. The molecule has 1 aromatic rings. The summed E-state index contributed by atoms with van der Waals surface area (Å²) in [5.74, 6) is 0.379. The molecule has 2 heterocycles. The molecule has 0 spiro atoms. The molecule has 1 aromatic carbocycles. The van der Waals surface area contributed by atoms with Gasteiger partial charge in [-0.25, -0.2) is 8.78 Å². The zero-order valence-corrected chi connectivity index (χ0v) is 15.2. The van der Waals surface area contributed by atoms with Crippen LogP contribution in [-0.2, 0) is 0 Å². The Morgan fingerprint density at radius 1 is 1.04 bits per heavy atom. The lowest BCUT2D eigenvalue weighted by Gasteiger charge is -2.29. The quantitative estimate of drug-likeness (QED) is 0.814. The fourth-order valence-corrected chi connectivity index (χ4v) is 3.31. The van der Waals surface area contributed by atoms with Crippen molar-refractivity contribution in [2.45, 2.75) is 24.9 Å². The lowest BCUT2D eigenvalue weighted by Crippen LogP contribution is -2.43. The van der Waals surface area contributed by atoms with Crippen molar-refractivity contribution >= 4 is 14.9 Å². The number of likely N-dealkylation sites (tertiary alicyclic amines) is 1. The van der Waals surface area contributed by atoms with Gasteiger partial charge in [0.05, 0.1) is 12.2 Å². The summed E-state index contributed by atoms with van der Waals surface area (Å²) >= 11 is 0. The Morgan fingerprint density at radius 2 is 1.67 bits per heavy atom. The molecule has 0 aromatic heterocycles. The maximum atomic E-state index is 12.4. The number of nitrogens with zero attached hydrogens (tertiary/aromatic N) is 2. The maximum absolute atomic E-state index is 12.4. The predicted octanol–water partition coefficient (Wildman–Crippen LogP) is 2.74. The van der Waals surface area contributed by atoms with Crippen molar-refractivity contribution in [2.24, 2.45) is 0 Å². The lowest BCUT2D eigenvalue weighted by molar-refractivity contribution is 0.0466. The second-order valence-corrected chi connectivity index (χ2v) is 7.17. The number of piperazine rings is 1. The van der Waals surface area contributed by atoms with E-state index >= 15 is 0 Å².